The molecule has 1 saturated carbocycles. The second-order valence-corrected chi connectivity index (χ2v) is 11.4. The van der Waals surface area contributed by atoms with Crippen LogP contribution >= 0.6 is 0 Å². The highest BCUT2D eigenvalue weighted by Gasteiger charge is 2.57. The number of ketones is 1. The first-order chi connectivity index (χ1) is 15.1. The Labute approximate surface area is 198 Å². The van der Waals surface area contributed by atoms with Crippen LogP contribution < -0.4 is 0 Å². The van der Waals surface area contributed by atoms with Gasteiger partial charge in [0.15, 0.2) is 5.78 Å². The van der Waals surface area contributed by atoms with E-state index in [9.17, 15) is 19.5 Å². The fourth-order valence-electron chi connectivity index (χ4n) is 4.30. The highest BCUT2D eigenvalue weighted by atomic mass is 16.5. The van der Waals surface area contributed by atoms with E-state index in [0.29, 0.717) is 5.56 Å². The lowest BCUT2D eigenvalue weighted by atomic mass is 9.61. The van der Waals surface area contributed by atoms with E-state index >= 15 is 0 Å². The Bertz CT molecular complexity index is 844. The van der Waals surface area contributed by atoms with E-state index in [2.05, 4.69) is 20.8 Å². The third-order valence-electron chi connectivity index (χ3n) is 6.05. The van der Waals surface area contributed by atoms with Crippen LogP contribution in [0.15, 0.2) is 24.3 Å². The number of ether oxygens (including phenoxy) is 2. The SMILES string of the molecule is CC(C)COC(=O)[C@@H]1C(=O)C[C@@](C)(O)[C@H](C(=O)OCC(C)C)[C@@H]1c1ccc(C(C)(C)C)cc1. The number of hydrogen-bond donors (Lipinski definition) is 1. The van der Waals surface area contributed by atoms with E-state index in [0.717, 1.165) is 5.56 Å². The van der Waals surface area contributed by atoms with E-state index in [4.69, 9.17) is 9.47 Å². The summed E-state index contributed by atoms with van der Waals surface area (Å²) in [4.78, 5) is 39.4. The largest absolute Gasteiger partial charge is 0.465 e. The lowest BCUT2D eigenvalue weighted by Gasteiger charge is -2.43. The van der Waals surface area contributed by atoms with E-state index < -0.39 is 41.1 Å². The summed E-state index contributed by atoms with van der Waals surface area (Å²) in [6.07, 6.45) is -0.313. The molecule has 0 aromatic heterocycles. The molecule has 0 aliphatic heterocycles. The summed E-state index contributed by atoms with van der Waals surface area (Å²) >= 11 is 0. The smallest absolute Gasteiger partial charge is 0.317 e. The molecule has 33 heavy (non-hydrogen) atoms. The number of aliphatic hydroxyl groups is 1. The predicted molar refractivity (Wildman–Crippen MR) is 127 cm³/mol. The molecule has 0 bridgehead atoms. The van der Waals surface area contributed by atoms with Gasteiger partial charge in [-0.05, 0) is 35.3 Å². The first-order valence-electron chi connectivity index (χ1n) is 11.8. The summed E-state index contributed by atoms with van der Waals surface area (Å²) in [6.45, 7) is 15.8. The number of hydrogen-bond acceptors (Lipinski definition) is 6. The van der Waals surface area contributed by atoms with Crippen LogP contribution in [0.3, 0.4) is 0 Å². The summed E-state index contributed by atoms with van der Waals surface area (Å²) in [6, 6.07) is 7.56. The highest BCUT2D eigenvalue weighted by molar-refractivity contribution is 6.02. The number of benzene rings is 1. The topological polar surface area (TPSA) is 89.9 Å². The third kappa shape index (κ3) is 6.66. The molecule has 6 heteroatoms. The Morgan fingerprint density at radius 3 is 1.94 bits per heavy atom. The second kappa shape index (κ2) is 10.4. The normalized spacial score (nSPS) is 25.9. The van der Waals surface area contributed by atoms with Gasteiger partial charge in [-0.3, -0.25) is 14.4 Å². The summed E-state index contributed by atoms with van der Waals surface area (Å²) < 4.78 is 11.0. The molecule has 1 aromatic rings. The van der Waals surface area contributed by atoms with Crippen molar-refractivity contribution in [3.8, 4) is 0 Å². The fraction of sp³-hybridized carbons (Fsp3) is 0.667. The first-order valence-corrected chi connectivity index (χ1v) is 11.8. The number of rotatable bonds is 7. The molecule has 0 spiro atoms. The van der Waals surface area contributed by atoms with Crippen molar-refractivity contribution < 1.29 is 29.0 Å². The van der Waals surface area contributed by atoms with Crippen molar-refractivity contribution in [3.05, 3.63) is 35.4 Å². The van der Waals surface area contributed by atoms with Gasteiger partial charge in [-0.25, -0.2) is 0 Å². The average molecular weight is 461 g/mol. The van der Waals surface area contributed by atoms with Crippen LogP contribution in [0.25, 0.3) is 0 Å². The van der Waals surface area contributed by atoms with Gasteiger partial charge >= 0.3 is 11.9 Å². The summed E-state index contributed by atoms with van der Waals surface area (Å²) in [5.74, 6) is -4.61. The Hall–Kier alpha value is -2.21. The Balaban J connectivity index is 2.56. The van der Waals surface area contributed by atoms with Gasteiger partial charge < -0.3 is 14.6 Å². The summed E-state index contributed by atoms with van der Waals surface area (Å²) in [7, 11) is 0. The molecule has 1 aliphatic rings. The molecule has 0 saturated heterocycles. The van der Waals surface area contributed by atoms with E-state index in [-0.39, 0.29) is 36.9 Å². The van der Waals surface area contributed by atoms with Gasteiger partial charge in [0.2, 0.25) is 0 Å². The van der Waals surface area contributed by atoms with E-state index in [1.165, 1.54) is 6.92 Å². The van der Waals surface area contributed by atoms with Crippen LogP contribution in [-0.2, 0) is 29.3 Å². The Morgan fingerprint density at radius 2 is 1.48 bits per heavy atom. The van der Waals surface area contributed by atoms with Crippen molar-refractivity contribution in [3.63, 3.8) is 0 Å². The average Bonchev–Trinajstić information content (AvgIpc) is 2.68. The minimum Gasteiger partial charge on any atom is -0.465 e. The van der Waals surface area contributed by atoms with Crippen LogP contribution in [-0.4, -0.2) is 41.6 Å². The van der Waals surface area contributed by atoms with E-state index in [1.54, 1.807) is 0 Å². The molecular formula is C27H40O6. The Morgan fingerprint density at radius 1 is 1.00 bits per heavy atom. The first kappa shape index (κ1) is 27.0. The molecule has 1 N–H and O–H groups in total. The van der Waals surface area contributed by atoms with Crippen LogP contribution in [0.2, 0.25) is 0 Å². The van der Waals surface area contributed by atoms with Crippen molar-refractivity contribution in [2.45, 2.75) is 78.7 Å². The molecule has 1 fully saturated rings. The number of carbonyl (C=O) groups excluding carboxylic acids is 3. The van der Waals surface area contributed by atoms with Gasteiger partial charge in [-0.15, -0.1) is 0 Å². The van der Waals surface area contributed by atoms with Crippen molar-refractivity contribution >= 4 is 17.7 Å². The molecule has 1 aliphatic carbocycles. The zero-order chi connectivity index (χ0) is 25.1. The molecule has 184 valence electrons. The fourth-order valence-corrected chi connectivity index (χ4v) is 4.30. The molecule has 4 atom stereocenters. The molecular weight excluding hydrogens is 420 g/mol. The van der Waals surface area contributed by atoms with Gasteiger partial charge in [0.05, 0.1) is 24.7 Å². The number of esters is 2. The van der Waals surface area contributed by atoms with Crippen molar-refractivity contribution in [2.75, 3.05) is 13.2 Å². The molecule has 0 unspecified atom stereocenters. The lowest BCUT2D eigenvalue weighted by Crippen LogP contribution is -2.55. The standard InChI is InChI=1S/C27H40O6/c1-16(2)14-32-24(29)22-20(28)13-27(8,31)23(25(30)33-15-17(3)4)21(22)18-9-11-19(12-10-18)26(5,6)7/h9-12,16-17,21-23,31H,13-15H2,1-8H3/t21-,22-,23+,27-/m1/s1. The third-order valence-corrected chi connectivity index (χ3v) is 6.05. The molecule has 0 amide bonds. The summed E-state index contributed by atoms with van der Waals surface area (Å²) in [5.41, 5.74) is -0.0161. The van der Waals surface area contributed by atoms with Crippen LogP contribution in [0.1, 0.15) is 78.9 Å². The quantitative estimate of drug-likeness (QED) is 0.478. The number of carbonyl (C=O) groups is 3. The maximum atomic E-state index is 13.2. The van der Waals surface area contributed by atoms with Crippen LogP contribution in [0.5, 0.6) is 0 Å². The maximum Gasteiger partial charge on any atom is 0.317 e. The second-order valence-electron chi connectivity index (χ2n) is 11.4. The van der Waals surface area contributed by atoms with Gasteiger partial charge in [-0.2, -0.15) is 0 Å². The van der Waals surface area contributed by atoms with Crippen LogP contribution in [0, 0.1) is 23.7 Å². The van der Waals surface area contributed by atoms with Crippen molar-refractivity contribution in [1.29, 1.82) is 0 Å². The summed E-state index contributed by atoms with van der Waals surface area (Å²) in [5, 5.41) is 11.2. The zero-order valence-corrected chi connectivity index (χ0v) is 21.3. The van der Waals surface area contributed by atoms with Crippen molar-refractivity contribution in [1.82, 2.24) is 0 Å². The molecule has 6 nitrogen and oxygen atoms in total. The number of Topliss-reactive ketones (excluding diaryl/α,β-unsaturated/α-hetero) is 1. The lowest BCUT2D eigenvalue weighted by molar-refractivity contribution is -0.173. The van der Waals surface area contributed by atoms with E-state index in [1.807, 2.05) is 52.0 Å². The van der Waals surface area contributed by atoms with Crippen LogP contribution in [0.4, 0.5) is 0 Å². The minimum absolute atomic E-state index is 0.0857. The zero-order valence-electron chi connectivity index (χ0n) is 21.3. The maximum absolute atomic E-state index is 13.2. The molecule has 2 rings (SSSR count). The van der Waals surface area contributed by atoms with Gasteiger partial charge in [0.25, 0.3) is 0 Å². The van der Waals surface area contributed by atoms with Gasteiger partial charge in [0.1, 0.15) is 5.92 Å². The Kier molecular flexibility index (Phi) is 8.50. The monoisotopic (exact) mass is 460 g/mol. The predicted octanol–water partition coefficient (Wildman–Crippen LogP) is 4.42. The molecule has 0 radical (unpaired) electrons. The molecule has 1 aromatic carbocycles. The van der Waals surface area contributed by atoms with Gasteiger partial charge in [0, 0.05) is 12.3 Å². The highest BCUT2D eigenvalue weighted by Crippen LogP contribution is 2.47. The van der Waals surface area contributed by atoms with Crippen molar-refractivity contribution in [2.24, 2.45) is 23.7 Å². The van der Waals surface area contributed by atoms with Gasteiger partial charge in [-0.1, -0.05) is 72.7 Å². The molecule has 0 heterocycles. The minimum atomic E-state index is -1.65.